The Balaban J connectivity index is 1.07. The van der Waals surface area contributed by atoms with Gasteiger partial charge in [-0.25, -0.2) is 4.98 Å². The molecule has 0 radical (unpaired) electrons. The first-order valence-corrected chi connectivity index (χ1v) is 16.8. The minimum atomic E-state index is -0.607. The van der Waals surface area contributed by atoms with Crippen molar-refractivity contribution in [2.24, 2.45) is 5.41 Å². The molecule has 0 fully saturated rings. The molecule has 6 nitrogen and oxygen atoms in total. The standard InChI is InChI=1S/C39H37N3O3S/c1-39(23-33-29-13-5-7-15-31(29)35(39)32-16-8-6-14-30(32)33)37(45)41-38-40-34(25-46-38)27-17-19-28(20-18-27)36(44)42(21-9-10-22-43)24-26-11-3-2-4-12-26/h2-8,11-20,25,33,35,43H,9-10,21-24H2,1H3,(H,40,41,45). The zero-order valence-electron chi connectivity index (χ0n) is 25.9. The summed E-state index contributed by atoms with van der Waals surface area (Å²) in [5, 5.41) is 14.9. The first-order chi connectivity index (χ1) is 22.5. The fourth-order valence-corrected chi connectivity index (χ4v) is 8.04. The second-order valence-electron chi connectivity index (χ2n) is 12.6. The molecule has 1 aromatic heterocycles. The average Bonchev–Trinajstić information content (AvgIpc) is 3.56. The number of carbonyl (C=O) groups is 2. The summed E-state index contributed by atoms with van der Waals surface area (Å²) < 4.78 is 0. The van der Waals surface area contributed by atoms with E-state index in [1.165, 1.54) is 33.6 Å². The van der Waals surface area contributed by atoms with Crippen molar-refractivity contribution in [3.05, 3.63) is 142 Å². The van der Waals surface area contributed by atoms with Crippen molar-refractivity contribution in [1.29, 1.82) is 0 Å². The molecule has 0 saturated carbocycles. The van der Waals surface area contributed by atoms with Crippen LogP contribution in [0.4, 0.5) is 5.13 Å². The van der Waals surface area contributed by atoms with Crippen LogP contribution in [0.3, 0.4) is 0 Å². The van der Waals surface area contributed by atoms with Crippen molar-refractivity contribution in [1.82, 2.24) is 9.88 Å². The van der Waals surface area contributed by atoms with Gasteiger partial charge < -0.3 is 15.3 Å². The normalized spacial score (nSPS) is 19.3. The maximum absolute atomic E-state index is 14.1. The van der Waals surface area contributed by atoms with Crippen LogP contribution < -0.4 is 5.32 Å². The first kappa shape index (κ1) is 30.1. The van der Waals surface area contributed by atoms with Crippen LogP contribution in [0.1, 0.15) is 76.2 Å². The number of carbonyl (C=O) groups excluding carboxylic acids is 2. The van der Waals surface area contributed by atoms with E-state index in [9.17, 15) is 14.7 Å². The van der Waals surface area contributed by atoms with E-state index < -0.39 is 5.41 Å². The van der Waals surface area contributed by atoms with Crippen molar-refractivity contribution in [3.63, 3.8) is 0 Å². The predicted octanol–water partition coefficient (Wildman–Crippen LogP) is 7.85. The summed E-state index contributed by atoms with van der Waals surface area (Å²) in [7, 11) is 0. The van der Waals surface area contributed by atoms with E-state index in [-0.39, 0.29) is 30.3 Å². The number of rotatable bonds is 10. The van der Waals surface area contributed by atoms with E-state index in [1.807, 2.05) is 64.9 Å². The molecule has 46 heavy (non-hydrogen) atoms. The molecule has 1 atom stereocenters. The van der Waals surface area contributed by atoms with Crippen LogP contribution in [-0.4, -0.2) is 40.0 Å². The third-order valence-electron chi connectivity index (χ3n) is 9.64. The molecule has 2 bridgehead atoms. The maximum atomic E-state index is 14.1. The number of aliphatic hydroxyl groups excluding tert-OH is 1. The number of aromatic nitrogens is 1. The third kappa shape index (κ3) is 5.54. The van der Waals surface area contributed by atoms with Gasteiger partial charge in [-0.15, -0.1) is 11.3 Å². The van der Waals surface area contributed by atoms with Crippen LogP contribution in [0.5, 0.6) is 0 Å². The van der Waals surface area contributed by atoms with Gasteiger partial charge in [-0.3, -0.25) is 9.59 Å². The molecule has 8 rings (SSSR count). The Morgan fingerprint density at radius 2 is 1.50 bits per heavy atom. The van der Waals surface area contributed by atoms with E-state index >= 15 is 0 Å². The van der Waals surface area contributed by atoms with Crippen molar-refractivity contribution >= 4 is 28.3 Å². The van der Waals surface area contributed by atoms with Crippen molar-refractivity contribution in [2.45, 2.75) is 44.6 Å². The minimum absolute atomic E-state index is 0.00643. The number of fused-ring (bicyclic) bond motifs is 1. The smallest absolute Gasteiger partial charge is 0.254 e. The lowest BCUT2D eigenvalue weighted by atomic mass is 9.52. The third-order valence-corrected chi connectivity index (χ3v) is 10.4. The second kappa shape index (κ2) is 12.7. The van der Waals surface area contributed by atoms with Gasteiger partial charge in [-0.2, -0.15) is 0 Å². The highest BCUT2D eigenvalue weighted by molar-refractivity contribution is 7.14. The molecule has 4 aromatic carbocycles. The fourth-order valence-electron chi connectivity index (χ4n) is 7.33. The Morgan fingerprint density at radius 1 is 0.870 bits per heavy atom. The predicted molar refractivity (Wildman–Crippen MR) is 183 cm³/mol. The highest BCUT2D eigenvalue weighted by Crippen LogP contribution is 2.61. The van der Waals surface area contributed by atoms with E-state index in [0.717, 1.165) is 29.7 Å². The molecule has 5 aromatic rings. The fraction of sp³-hybridized carbons (Fsp3) is 0.256. The van der Waals surface area contributed by atoms with E-state index in [0.29, 0.717) is 30.2 Å². The monoisotopic (exact) mass is 627 g/mol. The van der Waals surface area contributed by atoms with Gasteiger partial charge in [0.05, 0.1) is 11.1 Å². The van der Waals surface area contributed by atoms with Crippen LogP contribution >= 0.6 is 11.3 Å². The number of amides is 2. The molecule has 2 N–H and O–H groups in total. The SMILES string of the molecule is CC1(C(=O)Nc2nc(-c3ccc(C(=O)N(CCCCO)Cc4ccccc4)cc3)cs2)CC2c3ccccc3C1c1ccccc12. The minimum Gasteiger partial charge on any atom is -0.396 e. The summed E-state index contributed by atoms with van der Waals surface area (Å²) >= 11 is 1.42. The zero-order chi connectivity index (χ0) is 31.7. The van der Waals surface area contributed by atoms with Gasteiger partial charge in [0.25, 0.3) is 5.91 Å². The molecule has 232 valence electrons. The number of hydrogen-bond acceptors (Lipinski definition) is 5. The molecule has 7 heteroatoms. The van der Waals surface area contributed by atoms with Crippen LogP contribution in [0.25, 0.3) is 11.3 Å². The quantitative estimate of drug-likeness (QED) is 0.155. The summed E-state index contributed by atoms with van der Waals surface area (Å²) in [6, 6.07) is 34.6. The van der Waals surface area contributed by atoms with E-state index in [4.69, 9.17) is 4.98 Å². The molecule has 0 aliphatic heterocycles. The lowest BCUT2D eigenvalue weighted by Gasteiger charge is -2.50. The van der Waals surface area contributed by atoms with E-state index in [2.05, 4.69) is 60.8 Å². The number of nitrogens with zero attached hydrogens (tertiary/aromatic N) is 2. The summed E-state index contributed by atoms with van der Waals surface area (Å²) in [5.41, 5.74) is 7.88. The van der Waals surface area contributed by atoms with Crippen molar-refractivity contribution in [3.8, 4) is 11.3 Å². The summed E-state index contributed by atoms with van der Waals surface area (Å²) in [6.45, 7) is 3.30. The number of hydrogen-bond donors (Lipinski definition) is 2. The lowest BCUT2D eigenvalue weighted by Crippen LogP contribution is -2.47. The van der Waals surface area contributed by atoms with Crippen molar-refractivity contribution < 1.29 is 14.7 Å². The first-order valence-electron chi connectivity index (χ1n) is 16.0. The highest BCUT2D eigenvalue weighted by Gasteiger charge is 2.54. The van der Waals surface area contributed by atoms with Crippen LogP contribution in [0, 0.1) is 5.41 Å². The van der Waals surface area contributed by atoms with Gasteiger partial charge in [0, 0.05) is 48.0 Å². The number of unbranched alkanes of at least 4 members (excludes halogenated alkanes) is 1. The molecular formula is C39H37N3O3S. The second-order valence-corrected chi connectivity index (χ2v) is 13.4. The largest absolute Gasteiger partial charge is 0.396 e. The summed E-state index contributed by atoms with van der Waals surface area (Å²) in [5.74, 6) is 0.129. The summed E-state index contributed by atoms with van der Waals surface area (Å²) in [4.78, 5) is 34.2. The number of nitrogens with one attached hydrogen (secondary N) is 1. The molecule has 1 heterocycles. The number of benzene rings is 4. The van der Waals surface area contributed by atoms with Gasteiger partial charge in [0.15, 0.2) is 5.13 Å². The Bertz CT molecular complexity index is 1820. The topological polar surface area (TPSA) is 82.5 Å². The zero-order valence-corrected chi connectivity index (χ0v) is 26.7. The highest BCUT2D eigenvalue weighted by atomic mass is 32.1. The van der Waals surface area contributed by atoms with Gasteiger partial charge in [-0.1, -0.05) is 91.0 Å². The Labute approximate surface area is 273 Å². The van der Waals surface area contributed by atoms with Gasteiger partial charge in [0.2, 0.25) is 5.91 Å². The number of anilines is 1. The molecule has 1 unspecified atom stereocenters. The van der Waals surface area contributed by atoms with Crippen molar-refractivity contribution in [2.75, 3.05) is 18.5 Å². The Morgan fingerprint density at radius 3 is 2.15 bits per heavy atom. The molecule has 0 saturated heterocycles. The van der Waals surface area contributed by atoms with Gasteiger partial charge in [0.1, 0.15) is 0 Å². The van der Waals surface area contributed by atoms with Gasteiger partial charge in [-0.05, 0) is 66.1 Å². The molecule has 3 aliphatic carbocycles. The van der Waals surface area contributed by atoms with E-state index in [1.54, 1.807) is 0 Å². The number of aliphatic hydroxyl groups is 1. The molecule has 2 amide bonds. The average molecular weight is 628 g/mol. The van der Waals surface area contributed by atoms with Crippen LogP contribution in [-0.2, 0) is 11.3 Å². The lowest BCUT2D eigenvalue weighted by molar-refractivity contribution is -0.126. The molecular weight excluding hydrogens is 591 g/mol. The Kier molecular flexibility index (Phi) is 8.28. The van der Waals surface area contributed by atoms with Gasteiger partial charge >= 0.3 is 0 Å². The maximum Gasteiger partial charge on any atom is 0.254 e. The van der Waals surface area contributed by atoms with Crippen LogP contribution in [0.2, 0.25) is 0 Å². The molecule has 3 aliphatic rings. The van der Waals surface area contributed by atoms with Crippen LogP contribution in [0.15, 0.2) is 109 Å². The summed E-state index contributed by atoms with van der Waals surface area (Å²) in [6.07, 6.45) is 2.15. The molecule has 0 spiro atoms. The Hall–Kier alpha value is -4.59. The number of thiazole rings is 1.